The van der Waals surface area contributed by atoms with Gasteiger partial charge in [0.1, 0.15) is 5.82 Å². The molecule has 2 rings (SSSR count). The summed E-state index contributed by atoms with van der Waals surface area (Å²) in [7, 11) is 0. The van der Waals surface area contributed by atoms with E-state index in [2.05, 4.69) is 4.98 Å². The van der Waals surface area contributed by atoms with Crippen molar-refractivity contribution in [2.45, 2.75) is 19.3 Å². The number of nitrogens with one attached hydrogen (secondary N) is 1. The van der Waals surface area contributed by atoms with Crippen molar-refractivity contribution in [1.29, 1.82) is 5.41 Å². The zero-order chi connectivity index (χ0) is 11.7. The summed E-state index contributed by atoms with van der Waals surface area (Å²) in [5, 5.41) is 16.3. The summed E-state index contributed by atoms with van der Waals surface area (Å²) in [5.41, 5.74) is 8.21. The van der Waals surface area contributed by atoms with E-state index >= 15 is 0 Å². The van der Waals surface area contributed by atoms with Gasteiger partial charge in [0.15, 0.2) is 0 Å². The first kappa shape index (κ1) is 10.6. The van der Waals surface area contributed by atoms with Crippen LogP contribution in [0.2, 0.25) is 0 Å². The number of hydrogen-bond acceptors (Lipinski definition) is 4. The summed E-state index contributed by atoms with van der Waals surface area (Å²) >= 11 is 0. The number of fused-ring (bicyclic) bond motifs is 1. The third kappa shape index (κ3) is 1.64. The van der Waals surface area contributed by atoms with Crippen molar-refractivity contribution in [3.63, 3.8) is 0 Å². The molecule has 1 aliphatic carbocycles. The van der Waals surface area contributed by atoms with Gasteiger partial charge in [-0.1, -0.05) is 0 Å². The highest BCUT2D eigenvalue weighted by molar-refractivity contribution is 5.86. The molecule has 0 fully saturated rings. The van der Waals surface area contributed by atoms with Gasteiger partial charge >= 0.3 is 5.97 Å². The van der Waals surface area contributed by atoms with Crippen molar-refractivity contribution in [2.75, 3.05) is 5.73 Å². The zero-order valence-corrected chi connectivity index (χ0v) is 8.73. The molecule has 84 valence electrons. The van der Waals surface area contributed by atoms with Crippen LogP contribution < -0.4 is 5.73 Å². The van der Waals surface area contributed by atoms with Crippen LogP contribution in [0.5, 0.6) is 0 Å². The number of anilines is 1. The number of carbonyl (C=O) groups is 1. The van der Waals surface area contributed by atoms with Crippen LogP contribution in [-0.4, -0.2) is 22.3 Å². The summed E-state index contributed by atoms with van der Waals surface area (Å²) in [6.45, 7) is 0. The van der Waals surface area contributed by atoms with E-state index < -0.39 is 5.97 Å². The molecule has 1 atom stereocenters. The molecule has 0 bridgehead atoms. The summed E-state index contributed by atoms with van der Waals surface area (Å²) in [5.74, 6) is -0.752. The molecular weight excluding hydrogens is 206 g/mol. The van der Waals surface area contributed by atoms with Crippen LogP contribution >= 0.6 is 0 Å². The Morgan fingerprint density at radius 3 is 3.06 bits per heavy atom. The quantitative estimate of drug-likeness (QED) is 0.642. The van der Waals surface area contributed by atoms with Crippen molar-refractivity contribution < 1.29 is 9.90 Å². The van der Waals surface area contributed by atoms with Crippen molar-refractivity contribution in [2.24, 2.45) is 5.92 Å². The van der Waals surface area contributed by atoms with E-state index in [0.717, 1.165) is 11.1 Å². The number of rotatable bonds is 2. The Morgan fingerprint density at radius 2 is 2.44 bits per heavy atom. The van der Waals surface area contributed by atoms with E-state index in [4.69, 9.17) is 16.2 Å². The predicted octanol–water partition coefficient (Wildman–Crippen LogP) is 0.851. The van der Waals surface area contributed by atoms with Gasteiger partial charge in [0.25, 0.3) is 0 Å². The Labute approximate surface area is 92.8 Å². The summed E-state index contributed by atoms with van der Waals surface area (Å²) in [4.78, 5) is 14.9. The monoisotopic (exact) mass is 219 g/mol. The van der Waals surface area contributed by atoms with Crippen LogP contribution in [0.1, 0.15) is 23.1 Å². The first-order chi connectivity index (χ1) is 7.63. The van der Waals surface area contributed by atoms with Gasteiger partial charge in [0.2, 0.25) is 0 Å². The first-order valence-corrected chi connectivity index (χ1v) is 5.13. The lowest BCUT2D eigenvalue weighted by Crippen LogP contribution is -2.23. The number of nitrogens with zero attached hydrogens (tertiary/aromatic N) is 1. The lowest BCUT2D eigenvalue weighted by molar-refractivity contribution is -0.142. The van der Waals surface area contributed by atoms with Crippen molar-refractivity contribution in [3.05, 3.63) is 22.9 Å². The minimum Gasteiger partial charge on any atom is -0.481 e. The minimum atomic E-state index is -0.765. The van der Waals surface area contributed by atoms with Crippen LogP contribution in [0.3, 0.4) is 0 Å². The summed E-state index contributed by atoms with van der Waals surface area (Å²) in [6, 6.07) is 0. The first-order valence-electron chi connectivity index (χ1n) is 5.13. The molecule has 0 aromatic carbocycles. The molecular formula is C11H13N3O2. The van der Waals surface area contributed by atoms with Crippen molar-refractivity contribution in [3.8, 4) is 0 Å². The molecule has 0 saturated carbocycles. The number of nitrogen functional groups attached to an aromatic ring is 1. The number of pyridine rings is 1. The molecule has 0 spiro atoms. The smallest absolute Gasteiger partial charge is 0.306 e. The molecule has 1 aliphatic rings. The molecule has 5 nitrogen and oxygen atoms in total. The van der Waals surface area contributed by atoms with E-state index in [9.17, 15) is 4.79 Å². The molecule has 1 unspecified atom stereocenters. The molecule has 16 heavy (non-hydrogen) atoms. The molecule has 0 aliphatic heterocycles. The molecule has 4 N–H and O–H groups in total. The zero-order valence-electron chi connectivity index (χ0n) is 8.73. The van der Waals surface area contributed by atoms with Crippen LogP contribution in [0.15, 0.2) is 6.20 Å². The van der Waals surface area contributed by atoms with Crippen molar-refractivity contribution >= 4 is 18.0 Å². The van der Waals surface area contributed by atoms with Gasteiger partial charge in [0, 0.05) is 18.0 Å². The largest absolute Gasteiger partial charge is 0.481 e. The second-order valence-electron chi connectivity index (χ2n) is 3.98. The third-order valence-electron chi connectivity index (χ3n) is 3.05. The predicted molar refractivity (Wildman–Crippen MR) is 59.7 cm³/mol. The van der Waals surface area contributed by atoms with Gasteiger partial charge < -0.3 is 16.2 Å². The summed E-state index contributed by atoms with van der Waals surface area (Å²) < 4.78 is 0. The number of aliphatic carboxylic acids is 1. The number of nitrogens with two attached hydrogens (primary N) is 1. The maximum atomic E-state index is 10.9. The molecule has 0 amide bonds. The lowest BCUT2D eigenvalue weighted by Gasteiger charge is -2.23. The molecule has 0 radical (unpaired) electrons. The minimum absolute atomic E-state index is 0.337. The number of hydrogen-bond donors (Lipinski definition) is 3. The molecule has 1 heterocycles. The fourth-order valence-corrected chi connectivity index (χ4v) is 2.15. The number of aromatic nitrogens is 1. The van der Waals surface area contributed by atoms with Crippen LogP contribution in [0.4, 0.5) is 5.82 Å². The van der Waals surface area contributed by atoms with Gasteiger partial charge in [-0.2, -0.15) is 0 Å². The van der Waals surface area contributed by atoms with E-state index in [0.29, 0.717) is 30.6 Å². The van der Waals surface area contributed by atoms with Gasteiger partial charge in [-0.05, 0) is 30.4 Å². The molecule has 5 heteroatoms. The molecule has 1 aromatic heterocycles. The van der Waals surface area contributed by atoms with Gasteiger partial charge in [0.05, 0.1) is 5.92 Å². The average molecular weight is 219 g/mol. The topological polar surface area (TPSA) is 100 Å². The van der Waals surface area contributed by atoms with Gasteiger partial charge in [-0.25, -0.2) is 4.98 Å². The van der Waals surface area contributed by atoms with Crippen LogP contribution in [-0.2, 0) is 17.6 Å². The maximum Gasteiger partial charge on any atom is 0.306 e. The Bertz CT molecular complexity index is 457. The normalized spacial score (nSPS) is 18.9. The third-order valence-corrected chi connectivity index (χ3v) is 3.05. The second-order valence-corrected chi connectivity index (χ2v) is 3.98. The summed E-state index contributed by atoms with van der Waals surface area (Å²) in [6.07, 6.45) is 4.57. The lowest BCUT2D eigenvalue weighted by atomic mass is 9.83. The van der Waals surface area contributed by atoms with E-state index in [-0.39, 0.29) is 5.92 Å². The number of carboxylic acid groups (broad SMARTS) is 1. The standard InChI is InChI=1S/C11H13N3O2/c12-4-9-8-2-1-6(11(15)16)3-7(8)5-14-10(9)13/h4-6,12H,1-3H2,(H2,13,14)(H,15,16). The highest BCUT2D eigenvalue weighted by Gasteiger charge is 2.26. The Balaban J connectivity index is 2.42. The van der Waals surface area contributed by atoms with E-state index in [1.165, 1.54) is 6.21 Å². The molecule has 1 aromatic rings. The van der Waals surface area contributed by atoms with E-state index in [1.54, 1.807) is 6.20 Å². The molecule has 0 saturated heterocycles. The Hall–Kier alpha value is -1.91. The maximum absolute atomic E-state index is 10.9. The highest BCUT2D eigenvalue weighted by atomic mass is 16.4. The fourth-order valence-electron chi connectivity index (χ4n) is 2.15. The SMILES string of the molecule is N=Cc1c(N)ncc2c1CCC(C(=O)O)C2. The number of carboxylic acids is 1. The second kappa shape index (κ2) is 3.92. The van der Waals surface area contributed by atoms with Crippen LogP contribution in [0.25, 0.3) is 0 Å². The van der Waals surface area contributed by atoms with E-state index in [1.807, 2.05) is 0 Å². The van der Waals surface area contributed by atoms with Gasteiger partial charge in [-0.15, -0.1) is 0 Å². The van der Waals surface area contributed by atoms with Crippen LogP contribution in [0, 0.1) is 11.3 Å². The fraction of sp³-hybridized carbons (Fsp3) is 0.364. The average Bonchev–Trinajstić information content (AvgIpc) is 2.28. The van der Waals surface area contributed by atoms with Crippen molar-refractivity contribution in [1.82, 2.24) is 4.98 Å². The Kier molecular flexibility index (Phi) is 2.60. The van der Waals surface area contributed by atoms with Gasteiger partial charge in [-0.3, -0.25) is 4.79 Å². The highest BCUT2D eigenvalue weighted by Crippen LogP contribution is 2.28. The Morgan fingerprint density at radius 1 is 1.69 bits per heavy atom.